The van der Waals surface area contributed by atoms with Crippen LogP contribution in [0.1, 0.15) is 50.3 Å². The second-order valence-corrected chi connectivity index (χ2v) is 8.17. The molecule has 2 heterocycles. The predicted molar refractivity (Wildman–Crippen MR) is 121 cm³/mol. The quantitative estimate of drug-likeness (QED) is 0.633. The van der Waals surface area contributed by atoms with Crippen molar-refractivity contribution < 1.29 is 23.9 Å². The molecule has 0 N–H and O–H groups in total. The third-order valence-corrected chi connectivity index (χ3v) is 6.10. The number of nitrogens with zero attached hydrogens (tertiary/aromatic N) is 3. The first-order valence-electron chi connectivity index (χ1n) is 11.2. The Kier molecular flexibility index (Phi) is 6.72. The van der Waals surface area contributed by atoms with Crippen LogP contribution < -0.4 is 4.74 Å². The van der Waals surface area contributed by atoms with Gasteiger partial charge in [-0.15, -0.1) is 0 Å². The summed E-state index contributed by atoms with van der Waals surface area (Å²) in [5, 5.41) is 0. The average molecular weight is 450 g/mol. The van der Waals surface area contributed by atoms with Gasteiger partial charge < -0.3 is 14.5 Å². The van der Waals surface area contributed by atoms with E-state index in [0.29, 0.717) is 61.5 Å². The van der Waals surface area contributed by atoms with E-state index in [1.165, 1.54) is 4.90 Å². The van der Waals surface area contributed by atoms with Crippen LogP contribution in [0.2, 0.25) is 0 Å². The number of ether oxygens (including phenoxy) is 1. The zero-order chi connectivity index (χ0) is 23.4. The summed E-state index contributed by atoms with van der Waals surface area (Å²) in [6.45, 7) is 2.29. The number of carbonyl (C=O) groups is 4. The topological polar surface area (TPSA) is 87.2 Å². The number of benzene rings is 2. The molecule has 2 aromatic rings. The van der Waals surface area contributed by atoms with Crippen molar-refractivity contribution in [1.29, 1.82) is 0 Å². The lowest BCUT2D eigenvalue weighted by Crippen LogP contribution is -2.37. The van der Waals surface area contributed by atoms with E-state index in [2.05, 4.69) is 0 Å². The van der Waals surface area contributed by atoms with Crippen LogP contribution in [-0.4, -0.2) is 78.2 Å². The molecular formula is C25H27N3O5. The summed E-state index contributed by atoms with van der Waals surface area (Å²) >= 11 is 0. The molecule has 0 aromatic heterocycles. The van der Waals surface area contributed by atoms with E-state index < -0.39 is 0 Å². The molecule has 0 atom stereocenters. The van der Waals surface area contributed by atoms with Gasteiger partial charge in [-0.05, 0) is 43.2 Å². The summed E-state index contributed by atoms with van der Waals surface area (Å²) in [5.74, 6) is -0.0734. The fraction of sp³-hybridized carbons (Fsp3) is 0.360. The van der Waals surface area contributed by atoms with Gasteiger partial charge in [-0.3, -0.25) is 24.1 Å². The number of amides is 4. The Morgan fingerprint density at radius 3 is 2.24 bits per heavy atom. The molecule has 2 aliphatic heterocycles. The number of hydrogen-bond donors (Lipinski definition) is 0. The Morgan fingerprint density at radius 2 is 1.55 bits per heavy atom. The molecule has 0 saturated carbocycles. The SMILES string of the molecule is COc1cccc(C(=O)N2CCCN(C(=O)CCCN3C(=O)c4ccccc4C3=O)CC2)c1. The normalized spacial score (nSPS) is 16.0. The molecule has 0 radical (unpaired) electrons. The molecule has 0 aliphatic carbocycles. The van der Waals surface area contributed by atoms with Gasteiger partial charge in [0, 0.05) is 44.7 Å². The molecule has 33 heavy (non-hydrogen) atoms. The van der Waals surface area contributed by atoms with Crippen molar-refractivity contribution in [3.63, 3.8) is 0 Å². The standard InChI is InChI=1S/C25H27N3O5/c1-33-19-8-4-7-18(17-19)23(30)27-13-6-12-26(15-16-27)22(29)11-5-14-28-24(31)20-9-2-3-10-21(20)25(28)32/h2-4,7-10,17H,5-6,11-16H2,1H3. The number of fused-ring (bicyclic) bond motifs is 1. The van der Waals surface area contributed by atoms with Gasteiger partial charge in [0.2, 0.25) is 5.91 Å². The second-order valence-electron chi connectivity index (χ2n) is 8.17. The minimum Gasteiger partial charge on any atom is -0.497 e. The van der Waals surface area contributed by atoms with Crippen molar-refractivity contribution in [3.8, 4) is 5.75 Å². The van der Waals surface area contributed by atoms with Gasteiger partial charge in [0.1, 0.15) is 5.75 Å². The highest BCUT2D eigenvalue weighted by Gasteiger charge is 2.34. The van der Waals surface area contributed by atoms with Crippen LogP contribution in [-0.2, 0) is 4.79 Å². The number of carbonyl (C=O) groups excluding carboxylic acids is 4. The minimum absolute atomic E-state index is 0.0257. The van der Waals surface area contributed by atoms with Gasteiger partial charge in [0.25, 0.3) is 17.7 Å². The molecule has 0 bridgehead atoms. The van der Waals surface area contributed by atoms with Gasteiger partial charge in [-0.1, -0.05) is 18.2 Å². The first kappa shape index (κ1) is 22.5. The minimum atomic E-state index is -0.301. The number of methoxy groups -OCH3 is 1. The number of hydrogen-bond acceptors (Lipinski definition) is 5. The molecule has 4 amide bonds. The van der Waals surface area contributed by atoms with Crippen LogP contribution in [0.5, 0.6) is 5.75 Å². The lowest BCUT2D eigenvalue weighted by Gasteiger charge is -2.23. The van der Waals surface area contributed by atoms with Gasteiger partial charge in [-0.25, -0.2) is 0 Å². The first-order valence-corrected chi connectivity index (χ1v) is 11.2. The maximum Gasteiger partial charge on any atom is 0.261 e. The summed E-state index contributed by atoms with van der Waals surface area (Å²) in [5.41, 5.74) is 1.40. The smallest absolute Gasteiger partial charge is 0.261 e. The number of rotatable bonds is 6. The van der Waals surface area contributed by atoms with Crippen molar-refractivity contribution in [2.45, 2.75) is 19.3 Å². The molecular weight excluding hydrogens is 422 g/mol. The molecule has 0 unspecified atom stereocenters. The summed E-state index contributed by atoms with van der Waals surface area (Å²) in [4.78, 5) is 55.3. The molecule has 1 fully saturated rings. The predicted octanol–water partition coefficient (Wildman–Crippen LogP) is 2.45. The van der Waals surface area contributed by atoms with E-state index in [4.69, 9.17) is 4.74 Å². The molecule has 4 rings (SSSR count). The fourth-order valence-electron chi connectivity index (χ4n) is 4.30. The highest BCUT2D eigenvalue weighted by Crippen LogP contribution is 2.23. The Labute approximate surface area is 192 Å². The molecule has 1 saturated heterocycles. The van der Waals surface area contributed by atoms with Crippen LogP contribution in [0.3, 0.4) is 0 Å². The van der Waals surface area contributed by atoms with E-state index in [-0.39, 0.29) is 36.6 Å². The monoisotopic (exact) mass is 449 g/mol. The molecule has 8 nitrogen and oxygen atoms in total. The fourth-order valence-corrected chi connectivity index (χ4v) is 4.30. The van der Waals surface area contributed by atoms with Crippen LogP contribution in [0, 0.1) is 0 Å². The maximum atomic E-state index is 12.9. The largest absolute Gasteiger partial charge is 0.497 e. The highest BCUT2D eigenvalue weighted by atomic mass is 16.5. The summed E-state index contributed by atoms with van der Waals surface area (Å²) in [7, 11) is 1.56. The summed E-state index contributed by atoms with van der Waals surface area (Å²) in [6, 6.07) is 13.8. The third-order valence-electron chi connectivity index (χ3n) is 6.10. The summed E-state index contributed by atoms with van der Waals surface area (Å²) < 4.78 is 5.20. The van der Waals surface area contributed by atoms with Gasteiger partial charge in [-0.2, -0.15) is 0 Å². The third kappa shape index (κ3) is 4.74. The number of imide groups is 1. The lowest BCUT2D eigenvalue weighted by molar-refractivity contribution is -0.131. The maximum absolute atomic E-state index is 12.9. The van der Waals surface area contributed by atoms with Gasteiger partial charge >= 0.3 is 0 Å². The highest BCUT2D eigenvalue weighted by molar-refractivity contribution is 6.21. The van der Waals surface area contributed by atoms with Crippen molar-refractivity contribution in [2.24, 2.45) is 0 Å². The van der Waals surface area contributed by atoms with E-state index >= 15 is 0 Å². The van der Waals surface area contributed by atoms with Crippen LogP contribution in [0.4, 0.5) is 0 Å². The van der Waals surface area contributed by atoms with Crippen LogP contribution >= 0.6 is 0 Å². The summed E-state index contributed by atoms with van der Waals surface area (Å²) in [6.07, 6.45) is 1.35. The first-order chi connectivity index (χ1) is 16.0. The molecule has 172 valence electrons. The Morgan fingerprint density at radius 1 is 0.879 bits per heavy atom. The molecule has 0 spiro atoms. The van der Waals surface area contributed by atoms with E-state index in [9.17, 15) is 19.2 Å². The molecule has 2 aromatic carbocycles. The lowest BCUT2D eigenvalue weighted by atomic mass is 10.1. The Bertz CT molecular complexity index is 1050. The Balaban J connectivity index is 1.27. The van der Waals surface area contributed by atoms with Crippen molar-refractivity contribution in [1.82, 2.24) is 14.7 Å². The second kappa shape index (κ2) is 9.85. The van der Waals surface area contributed by atoms with Gasteiger partial charge in [0.05, 0.1) is 18.2 Å². The van der Waals surface area contributed by atoms with Crippen LogP contribution in [0.15, 0.2) is 48.5 Å². The van der Waals surface area contributed by atoms with E-state index in [1.54, 1.807) is 65.4 Å². The zero-order valence-corrected chi connectivity index (χ0v) is 18.7. The van der Waals surface area contributed by atoms with Crippen molar-refractivity contribution in [3.05, 3.63) is 65.2 Å². The molecule has 2 aliphatic rings. The van der Waals surface area contributed by atoms with E-state index in [0.717, 1.165) is 0 Å². The van der Waals surface area contributed by atoms with E-state index in [1.807, 2.05) is 0 Å². The molecule has 8 heteroatoms. The Hall–Kier alpha value is -3.68. The van der Waals surface area contributed by atoms with Crippen molar-refractivity contribution >= 4 is 23.6 Å². The van der Waals surface area contributed by atoms with Crippen LogP contribution in [0.25, 0.3) is 0 Å². The zero-order valence-electron chi connectivity index (χ0n) is 18.7. The van der Waals surface area contributed by atoms with Gasteiger partial charge in [0.15, 0.2) is 0 Å². The van der Waals surface area contributed by atoms with Crippen molar-refractivity contribution in [2.75, 3.05) is 39.8 Å². The average Bonchev–Trinajstić information content (AvgIpc) is 3.01.